The van der Waals surface area contributed by atoms with Gasteiger partial charge in [0.1, 0.15) is 12.6 Å². The number of carbonyl (C=O) groups excluding carboxylic acids is 2. The third kappa shape index (κ3) is 9.63. The van der Waals surface area contributed by atoms with Gasteiger partial charge in [-0.25, -0.2) is 0 Å². The Bertz CT molecular complexity index is 1180. The fourth-order valence-electron chi connectivity index (χ4n) is 2.63. The Kier molecular flexibility index (Phi) is 11.7. The smallest absolute Gasteiger partial charge is 0.423 e. The van der Waals surface area contributed by atoms with E-state index >= 15 is 0 Å². The molecule has 0 aliphatic rings. The van der Waals surface area contributed by atoms with Crippen LogP contribution >= 0.6 is 39.1 Å². The van der Waals surface area contributed by atoms with Crippen molar-refractivity contribution in [3.05, 3.63) is 123 Å². The second kappa shape index (κ2) is 14.5. The van der Waals surface area contributed by atoms with Crippen LogP contribution in [-0.4, -0.2) is 29.7 Å². The minimum atomic E-state index is -1.46. The zero-order valence-electron chi connectivity index (χ0n) is 17.8. The molecule has 0 spiro atoms. The molecule has 4 nitrogen and oxygen atoms in total. The van der Waals surface area contributed by atoms with Crippen LogP contribution in [0.5, 0.6) is 0 Å². The molecule has 172 valence electrons. The summed E-state index contributed by atoms with van der Waals surface area (Å²) in [6.45, 7) is 0. The molecule has 0 heterocycles. The molecule has 0 amide bonds. The average Bonchev–Trinajstić information content (AvgIpc) is 2.85. The van der Waals surface area contributed by atoms with Crippen LogP contribution in [0.15, 0.2) is 102 Å². The van der Waals surface area contributed by atoms with Crippen LogP contribution in [0.25, 0.3) is 11.1 Å². The molecule has 0 atom stereocenters. The highest BCUT2D eigenvalue weighted by Gasteiger charge is 2.08. The molecule has 8 heteroatoms. The summed E-state index contributed by atoms with van der Waals surface area (Å²) in [5, 5.41) is 18.8. The van der Waals surface area contributed by atoms with Gasteiger partial charge in [0.25, 0.3) is 0 Å². The Hall–Kier alpha value is -2.74. The lowest BCUT2D eigenvalue weighted by atomic mass is 9.80. The predicted molar refractivity (Wildman–Crippen MR) is 143 cm³/mol. The molecule has 0 aliphatic heterocycles. The van der Waals surface area contributed by atoms with E-state index in [1.807, 2.05) is 60.7 Å². The van der Waals surface area contributed by atoms with Crippen LogP contribution in [0.4, 0.5) is 0 Å². The topological polar surface area (TPSA) is 74.6 Å². The standard InChI is InChI=1S/C13H9ClO.C7H7BO3.C6H4BrCl/c14-13-3-1-2-12(8-13)11-6-4-10(9-15)5-7-11;9-5-6-1-3-7(4-2-6)8(10)11;7-5-2-1-3-6(8)4-5/h1-9H;1-5,10-11H;1-4H. The highest BCUT2D eigenvalue weighted by atomic mass is 79.9. The maximum atomic E-state index is 10.5. The fourth-order valence-corrected chi connectivity index (χ4v) is 3.54. The molecule has 34 heavy (non-hydrogen) atoms. The molecule has 0 saturated carbocycles. The maximum Gasteiger partial charge on any atom is 0.488 e. The zero-order valence-corrected chi connectivity index (χ0v) is 20.9. The van der Waals surface area contributed by atoms with Crippen molar-refractivity contribution in [1.82, 2.24) is 0 Å². The number of halogens is 3. The first-order valence-corrected chi connectivity index (χ1v) is 11.5. The van der Waals surface area contributed by atoms with Crippen LogP contribution in [0, 0.1) is 0 Å². The molecule has 0 radical (unpaired) electrons. The third-order valence-corrected chi connectivity index (χ3v) is 5.33. The van der Waals surface area contributed by atoms with Gasteiger partial charge in [-0.15, -0.1) is 0 Å². The highest BCUT2D eigenvalue weighted by Crippen LogP contribution is 2.22. The summed E-state index contributed by atoms with van der Waals surface area (Å²) in [6.07, 6.45) is 1.54. The summed E-state index contributed by atoms with van der Waals surface area (Å²) >= 11 is 14.8. The molecule has 0 saturated heterocycles. The van der Waals surface area contributed by atoms with Crippen molar-refractivity contribution >= 4 is 64.3 Å². The molecular formula is C26H20BBrCl2O4. The Morgan fingerprint density at radius 3 is 1.56 bits per heavy atom. The van der Waals surface area contributed by atoms with Gasteiger partial charge in [-0.2, -0.15) is 0 Å². The van der Waals surface area contributed by atoms with Crippen LogP contribution in [0.2, 0.25) is 10.0 Å². The average molecular weight is 558 g/mol. The van der Waals surface area contributed by atoms with Crippen LogP contribution in [0.3, 0.4) is 0 Å². The molecule has 4 rings (SSSR count). The van der Waals surface area contributed by atoms with Crippen LogP contribution in [-0.2, 0) is 0 Å². The van der Waals surface area contributed by atoms with Crippen molar-refractivity contribution in [1.29, 1.82) is 0 Å². The van der Waals surface area contributed by atoms with Crippen molar-refractivity contribution in [3.8, 4) is 11.1 Å². The lowest BCUT2D eigenvalue weighted by Crippen LogP contribution is -2.29. The Labute approximate surface area is 217 Å². The van der Waals surface area contributed by atoms with Crippen LogP contribution < -0.4 is 5.46 Å². The van der Waals surface area contributed by atoms with Gasteiger partial charge in [-0.05, 0) is 46.9 Å². The second-order valence-corrected chi connectivity index (χ2v) is 8.64. The molecule has 0 unspecified atom stereocenters. The summed E-state index contributed by atoms with van der Waals surface area (Å²) in [5.41, 5.74) is 3.70. The molecule has 0 fully saturated rings. The number of aldehydes is 2. The van der Waals surface area contributed by atoms with Crippen molar-refractivity contribution in [2.24, 2.45) is 0 Å². The number of rotatable bonds is 4. The van der Waals surface area contributed by atoms with Crippen molar-refractivity contribution in [3.63, 3.8) is 0 Å². The van der Waals surface area contributed by atoms with Gasteiger partial charge in [-0.3, -0.25) is 9.59 Å². The SMILES string of the molecule is Clc1cccc(Br)c1.O=Cc1ccc(-c2cccc(Cl)c2)cc1.O=Cc1ccc(B(O)O)cc1. The first-order chi connectivity index (χ1) is 16.3. The summed E-state index contributed by atoms with van der Waals surface area (Å²) in [7, 11) is -1.46. The van der Waals surface area contributed by atoms with Gasteiger partial charge in [0.15, 0.2) is 0 Å². The number of benzene rings is 4. The van der Waals surface area contributed by atoms with Crippen molar-refractivity contribution in [2.45, 2.75) is 0 Å². The Morgan fingerprint density at radius 2 is 1.15 bits per heavy atom. The number of hydrogen-bond donors (Lipinski definition) is 2. The predicted octanol–water partition coefficient (Wildman–Crippen LogP) is 6.10. The highest BCUT2D eigenvalue weighted by molar-refractivity contribution is 9.10. The third-order valence-electron chi connectivity index (χ3n) is 4.36. The van der Waals surface area contributed by atoms with Gasteiger partial charge in [0.05, 0.1) is 0 Å². The first kappa shape index (κ1) is 27.5. The molecule has 0 aromatic heterocycles. The molecule has 4 aromatic carbocycles. The van der Waals surface area contributed by atoms with Crippen molar-refractivity contribution < 1.29 is 19.6 Å². The van der Waals surface area contributed by atoms with E-state index in [0.717, 1.165) is 26.9 Å². The zero-order chi connectivity index (χ0) is 24.9. The van der Waals surface area contributed by atoms with E-state index < -0.39 is 7.12 Å². The first-order valence-electron chi connectivity index (χ1n) is 9.96. The van der Waals surface area contributed by atoms with Gasteiger partial charge in [0, 0.05) is 25.6 Å². The summed E-state index contributed by atoms with van der Waals surface area (Å²) in [4.78, 5) is 20.6. The van der Waals surface area contributed by atoms with Crippen molar-refractivity contribution in [2.75, 3.05) is 0 Å². The normalized spacial score (nSPS) is 9.56. The van der Waals surface area contributed by atoms with E-state index in [1.54, 1.807) is 12.1 Å². The fraction of sp³-hybridized carbons (Fsp3) is 0. The van der Waals surface area contributed by atoms with Gasteiger partial charge in [0.2, 0.25) is 0 Å². The minimum absolute atomic E-state index is 0.385. The molecule has 4 aromatic rings. The summed E-state index contributed by atoms with van der Waals surface area (Å²) < 4.78 is 1.02. The quantitative estimate of drug-likeness (QED) is 0.235. The maximum absolute atomic E-state index is 10.5. The molecule has 0 bridgehead atoms. The molecular weight excluding hydrogens is 538 g/mol. The van der Waals surface area contributed by atoms with E-state index in [1.165, 1.54) is 24.3 Å². The summed E-state index contributed by atoms with van der Waals surface area (Å²) in [6, 6.07) is 28.6. The Balaban J connectivity index is 0.000000190. The van der Waals surface area contributed by atoms with Gasteiger partial charge >= 0.3 is 7.12 Å². The van der Waals surface area contributed by atoms with E-state index in [-0.39, 0.29) is 0 Å². The molecule has 2 N–H and O–H groups in total. The van der Waals surface area contributed by atoms with E-state index in [0.29, 0.717) is 27.9 Å². The number of carbonyl (C=O) groups is 2. The summed E-state index contributed by atoms with van der Waals surface area (Å²) in [5.74, 6) is 0. The largest absolute Gasteiger partial charge is 0.488 e. The monoisotopic (exact) mass is 556 g/mol. The number of hydrogen-bond acceptors (Lipinski definition) is 4. The molecule has 0 aliphatic carbocycles. The van der Waals surface area contributed by atoms with Gasteiger partial charge < -0.3 is 10.0 Å². The second-order valence-electron chi connectivity index (χ2n) is 6.85. The van der Waals surface area contributed by atoms with E-state index in [9.17, 15) is 9.59 Å². The van der Waals surface area contributed by atoms with E-state index in [4.69, 9.17) is 33.2 Å². The minimum Gasteiger partial charge on any atom is -0.423 e. The Morgan fingerprint density at radius 1 is 0.647 bits per heavy atom. The van der Waals surface area contributed by atoms with Gasteiger partial charge in [-0.1, -0.05) is 106 Å². The lowest BCUT2D eigenvalue weighted by Gasteiger charge is -2.01. The lowest BCUT2D eigenvalue weighted by molar-refractivity contribution is 0.111. The van der Waals surface area contributed by atoms with E-state index in [2.05, 4.69) is 15.9 Å². The van der Waals surface area contributed by atoms with Crippen LogP contribution in [0.1, 0.15) is 20.7 Å².